The van der Waals surface area contributed by atoms with Crippen molar-refractivity contribution in [1.82, 2.24) is 9.97 Å². The van der Waals surface area contributed by atoms with E-state index >= 15 is 0 Å². The molecule has 3 heteroatoms. The second-order valence-electron chi connectivity index (χ2n) is 12.9. The zero-order valence-electron chi connectivity index (χ0n) is 27.6. The molecular formula is C48H30N2O. The van der Waals surface area contributed by atoms with Gasteiger partial charge >= 0.3 is 0 Å². The SMILES string of the molecule is c1ccc(-c2ccc(-c3cc(-c4cccc(-c5cccc6c5oc5c7ccccc7c7ccccc7c65)c4)nc(-c4ccccc4)n3)cc2)cc1. The molecule has 0 saturated carbocycles. The Balaban J connectivity index is 1.13. The first-order valence-corrected chi connectivity index (χ1v) is 17.2. The van der Waals surface area contributed by atoms with Crippen molar-refractivity contribution in [3.05, 3.63) is 182 Å². The van der Waals surface area contributed by atoms with Crippen molar-refractivity contribution < 1.29 is 4.42 Å². The molecule has 0 aliphatic rings. The summed E-state index contributed by atoms with van der Waals surface area (Å²) in [5, 5.41) is 7.04. The van der Waals surface area contributed by atoms with Crippen molar-refractivity contribution in [1.29, 1.82) is 0 Å². The normalized spacial score (nSPS) is 11.5. The van der Waals surface area contributed by atoms with Gasteiger partial charge in [-0.1, -0.05) is 170 Å². The predicted molar refractivity (Wildman–Crippen MR) is 212 cm³/mol. The van der Waals surface area contributed by atoms with Gasteiger partial charge in [-0.05, 0) is 45.0 Å². The van der Waals surface area contributed by atoms with Gasteiger partial charge in [0.2, 0.25) is 0 Å². The van der Waals surface area contributed by atoms with Crippen LogP contribution in [0, 0.1) is 0 Å². The molecular weight excluding hydrogens is 621 g/mol. The van der Waals surface area contributed by atoms with Gasteiger partial charge in [0, 0.05) is 38.4 Å². The Morgan fingerprint density at radius 1 is 0.314 bits per heavy atom. The molecule has 3 nitrogen and oxygen atoms in total. The quantitative estimate of drug-likeness (QED) is 0.174. The van der Waals surface area contributed by atoms with Crippen molar-refractivity contribution >= 4 is 43.5 Å². The van der Waals surface area contributed by atoms with Crippen molar-refractivity contribution in [2.75, 3.05) is 0 Å². The van der Waals surface area contributed by atoms with Gasteiger partial charge in [-0.25, -0.2) is 9.97 Å². The van der Waals surface area contributed by atoms with Crippen molar-refractivity contribution in [2.45, 2.75) is 0 Å². The minimum absolute atomic E-state index is 0.693. The average Bonchev–Trinajstić information content (AvgIpc) is 3.62. The van der Waals surface area contributed by atoms with Crippen LogP contribution < -0.4 is 0 Å². The minimum Gasteiger partial charge on any atom is -0.455 e. The van der Waals surface area contributed by atoms with E-state index in [1.807, 2.05) is 24.3 Å². The maximum atomic E-state index is 6.87. The molecule has 8 aromatic carbocycles. The van der Waals surface area contributed by atoms with Crippen molar-refractivity contribution in [3.63, 3.8) is 0 Å². The van der Waals surface area contributed by atoms with Crippen LogP contribution in [0.15, 0.2) is 186 Å². The Labute approximate surface area is 295 Å². The number of fused-ring (bicyclic) bond motifs is 8. The molecule has 0 amide bonds. The van der Waals surface area contributed by atoms with Crippen LogP contribution in [0.3, 0.4) is 0 Å². The van der Waals surface area contributed by atoms with Gasteiger partial charge in [-0.2, -0.15) is 0 Å². The summed E-state index contributed by atoms with van der Waals surface area (Å²) in [5.74, 6) is 0.693. The largest absolute Gasteiger partial charge is 0.455 e. The van der Waals surface area contributed by atoms with Crippen LogP contribution in [0.25, 0.3) is 99.6 Å². The van der Waals surface area contributed by atoms with Gasteiger partial charge in [0.05, 0.1) is 11.4 Å². The summed E-state index contributed by atoms with van der Waals surface area (Å²) in [5.41, 5.74) is 11.1. The predicted octanol–water partition coefficient (Wildman–Crippen LogP) is 13.0. The van der Waals surface area contributed by atoms with E-state index in [-0.39, 0.29) is 0 Å². The summed E-state index contributed by atoms with van der Waals surface area (Å²) in [6, 6.07) is 63.6. The molecule has 0 spiro atoms. The summed E-state index contributed by atoms with van der Waals surface area (Å²) < 4.78 is 6.87. The molecule has 0 radical (unpaired) electrons. The molecule has 0 saturated heterocycles. The Hall–Kier alpha value is -6.84. The van der Waals surface area contributed by atoms with Crippen LogP contribution in [0.5, 0.6) is 0 Å². The number of rotatable bonds is 5. The van der Waals surface area contributed by atoms with Crippen LogP contribution in [0.2, 0.25) is 0 Å². The highest BCUT2D eigenvalue weighted by molar-refractivity contribution is 6.30. The van der Waals surface area contributed by atoms with E-state index in [1.54, 1.807) is 0 Å². The number of nitrogens with zero attached hydrogens (tertiary/aromatic N) is 2. The van der Waals surface area contributed by atoms with Crippen LogP contribution >= 0.6 is 0 Å². The molecule has 0 unspecified atom stereocenters. The Morgan fingerprint density at radius 3 is 1.57 bits per heavy atom. The number of benzene rings is 8. The highest BCUT2D eigenvalue weighted by atomic mass is 16.3. The molecule has 2 aromatic heterocycles. The molecule has 2 heterocycles. The standard InChI is InChI=1S/C48H30N2O/c1-3-13-31(14-4-1)32-25-27-33(28-26-32)43-30-44(50-48(49-43)34-15-5-2-6-16-34)36-18-11-17-35(29-36)37-23-12-24-42-45-40-21-9-7-19-38(40)39-20-8-10-22-41(39)47(45)51-46(37)42/h1-30H. The van der Waals surface area contributed by atoms with Gasteiger partial charge < -0.3 is 4.42 Å². The van der Waals surface area contributed by atoms with Crippen molar-refractivity contribution in [3.8, 4) is 56.2 Å². The van der Waals surface area contributed by atoms with Crippen LogP contribution in [-0.4, -0.2) is 9.97 Å². The second-order valence-corrected chi connectivity index (χ2v) is 12.9. The first-order chi connectivity index (χ1) is 25.3. The number of para-hydroxylation sites is 1. The fraction of sp³-hybridized carbons (Fsp3) is 0. The second kappa shape index (κ2) is 11.9. The molecule has 10 rings (SSSR count). The maximum absolute atomic E-state index is 6.87. The first kappa shape index (κ1) is 29.1. The third-order valence-electron chi connectivity index (χ3n) is 9.89. The zero-order chi connectivity index (χ0) is 33.7. The fourth-order valence-corrected chi connectivity index (χ4v) is 7.43. The first-order valence-electron chi connectivity index (χ1n) is 17.2. The highest BCUT2D eigenvalue weighted by Crippen LogP contribution is 2.43. The molecule has 0 fully saturated rings. The van der Waals surface area contributed by atoms with E-state index in [2.05, 4.69) is 158 Å². The summed E-state index contributed by atoms with van der Waals surface area (Å²) in [7, 11) is 0. The van der Waals surface area contributed by atoms with Crippen molar-refractivity contribution in [2.24, 2.45) is 0 Å². The van der Waals surface area contributed by atoms with Crippen LogP contribution in [0.1, 0.15) is 0 Å². The van der Waals surface area contributed by atoms with Gasteiger partial charge in [0.15, 0.2) is 5.82 Å². The maximum Gasteiger partial charge on any atom is 0.160 e. The number of aromatic nitrogens is 2. The molecule has 0 aliphatic carbocycles. The zero-order valence-corrected chi connectivity index (χ0v) is 27.6. The van der Waals surface area contributed by atoms with Gasteiger partial charge in [-0.3, -0.25) is 0 Å². The number of hydrogen-bond acceptors (Lipinski definition) is 3. The van der Waals surface area contributed by atoms with E-state index in [0.29, 0.717) is 5.82 Å². The highest BCUT2D eigenvalue weighted by Gasteiger charge is 2.19. The summed E-state index contributed by atoms with van der Waals surface area (Å²) in [4.78, 5) is 10.2. The summed E-state index contributed by atoms with van der Waals surface area (Å²) >= 11 is 0. The molecule has 238 valence electrons. The van der Waals surface area contributed by atoms with E-state index in [1.165, 1.54) is 27.3 Å². The van der Waals surface area contributed by atoms with E-state index < -0.39 is 0 Å². The third-order valence-corrected chi connectivity index (χ3v) is 9.89. The van der Waals surface area contributed by atoms with Crippen LogP contribution in [0.4, 0.5) is 0 Å². The Bertz CT molecular complexity index is 2890. The lowest BCUT2D eigenvalue weighted by molar-refractivity contribution is 0.674. The van der Waals surface area contributed by atoms with Gasteiger partial charge in [0.1, 0.15) is 11.2 Å². The van der Waals surface area contributed by atoms with Gasteiger partial charge in [-0.15, -0.1) is 0 Å². The lowest BCUT2D eigenvalue weighted by atomic mass is 9.95. The molecule has 0 aliphatic heterocycles. The molecule has 10 aromatic rings. The minimum atomic E-state index is 0.693. The topological polar surface area (TPSA) is 38.9 Å². The Morgan fingerprint density at radius 2 is 0.824 bits per heavy atom. The fourth-order valence-electron chi connectivity index (χ4n) is 7.43. The molecule has 0 N–H and O–H groups in total. The van der Waals surface area contributed by atoms with E-state index in [0.717, 1.165) is 66.5 Å². The Kier molecular flexibility index (Phi) is 6.81. The lowest BCUT2D eigenvalue weighted by Gasteiger charge is -2.11. The summed E-state index contributed by atoms with van der Waals surface area (Å²) in [6.07, 6.45) is 0. The lowest BCUT2D eigenvalue weighted by Crippen LogP contribution is -1.96. The number of hydrogen-bond donors (Lipinski definition) is 0. The van der Waals surface area contributed by atoms with Crippen LogP contribution in [-0.2, 0) is 0 Å². The number of furan rings is 1. The summed E-state index contributed by atoms with van der Waals surface area (Å²) in [6.45, 7) is 0. The molecule has 0 bridgehead atoms. The van der Waals surface area contributed by atoms with E-state index in [4.69, 9.17) is 14.4 Å². The monoisotopic (exact) mass is 650 g/mol. The smallest absolute Gasteiger partial charge is 0.160 e. The van der Waals surface area contributed by atoms with E-state index in [9.17, 15) is 0 Å². The average molecular weight is 651 g/mol. The third kappa shape index (κ3) is 4.98. The molecule has 51 heavy (non-hydrogen) atoms. The van der Waals surface area contributed by atoms with Gasteiger partial charge in [0.25, 0.3) is 0 Å². The molecule has 0 atom stereocenters.